The first-order valence-electron chi connectivity index (χ1n) is 12.3. The van der Waals surface area contributed by atoms with Crippen molar-refractivity contribution in [2.75, 3.05) is 39.5 Å². The number of aromatic hydroxyl groups is 1. The zero-order valence-corrected chi connectivity index (χ0v) is 20.7. The summed E-state index contributed by atoms with van der Waals surface area (Å²) in [5.74, 6) is 1.05. The van der Waals surface area contributed by atoms with E-state index in [1.165, 1.54) is 0 Å². The standard InChI is InChI=1S/C30H34FNO4/c1-3-6-24(9-5-13-35-14-12-32-18-23(17-31)19-32)30-29(25-8-4-7-22(15-25)20-33)21(2)27-16-26(34)10-11-28(27)36-30/h3-11,15-16,23,30,33-34H,1,12-14,17-20H2,2H3/b9-5-,24-6+. The largest absolute Gasteiger partial charge is 0.508 e. The van der Waals surface area contributed by atoms with E-state index in [0.29, 0.717) is 19.0 Å². The number of allylic oxidation sites excluding steroid dienone is 3. The predicted octanol–water partition coefficient (Wildman–Crippen LogP) is 5.16. The molecule has 5 nitrogen and oxygen atoms in total. The summed E-state index contributed by atoms with van der Waals surface area (Å²) in [6, 6.07) is 12.9. The van der Waals surface area contributed by atoms with Crippen molar-refractivity contribution in [2.45, 2.75) is 19.6 Å². The molecule has 0 spiro atoms. The van der Waals surface area contributed by atoms with Crippen LogP contribution in [0.4, 0.5) is 4.39 Å². The highest BCUT2D eigenvalue weighted by atomic mass is 19.1. The molecule has 4 rings (SSSR count). The van der Waals surface area contributed by atoms with Crippen molar-refractivity contribution in [3.63, 3.8) is 0 Å². The zero-order chi connectivity index (χ0) is 25.5. The second-order valence-corrected chi connectivity index (χ2v) is 9.24. The number of hydrogen-bond acceptors (Lipinski definition) is 5. The molecule has 0 saturated carbocycles. The summed E-state index contributed by atoms with van der Waals surface area (Å²) in [7, 11) is 0. The van der Waals surface area contributed by atoms with Gasteiger partial charge in [-0.25, -0.2) is 0 Å². The van der Waals surface area contributed by atoms with Crippen LogP contribution >= 0.6 is 0 Å². The van der Waals surface area contributed by atoms with Crippen LogP contribution < -0.4 is 4.74 Å². The van der Waals surface area contributed by atoms with Gasteiger partial charge in [-0.05, 0) is 53.5 Å². The Labute approximate surface area is 212 Å². The maximum atomic E-state index is 12.6. The molecule has 2 aliphatic rings. The fourth-order valence-electron chi connectivity index (χ4n) is 4.73. The van der Waals surface area contributed by atoms with Crippen molar-refractivity contribution in [1.82, 2.24) is 4.90 Å². The lowest BCUT2D eigenvalue weighted by molar-refractivity contribution is 0.0455. The lowest BCUT2D eigenvalue weighted by atomic mass is 9.85. The molecule has 1 saturated heterocycles. The summed E-state index contributed by atoms with van der Waals surface area (Å²) in [5, 5.41) is 19.8. The van der Waals surface area contributed by atoms with Crippen LogP contribution in [-0.4, -0.2) is 60.7 Å². The lowest BCUT2D eigenvalue weighted by Gasteiger charge is -2.37. The highest BCUT2D eigenvalue weighted by Gasteiger charge is 2.30. The number of alkyl halides is 1. The number of fused-ring (bicyclic) bond motifs is 1. The summed E-state index contributed by atoms with van der Waals surface area (Å²) in [4.78, 5) is 2.20. The van der Waals surface area contributed by atoms with Gasteiger partial charge in [0.2, 0.25) is 0 Å². The highest BCUT2D eigenvalue weighted by molar-refractivity contribution is 5.96. The van der Waals surface area contributed by atoms with Crippen molar-refractivity contribution < 1.29 is 24.1 Å². The maximum Gasteiger partial charge on any atom is 0.150 e. The number of aliphatic hydroxyl groups excluding tert-OH is 1. The Morgan fingerprint density at radius 2 is 2.08 bits per heavy atom. The molecule has 6 heteroatoms. The number of ether oxygens (including phenoxy) is 2. The van der Waals surface area contributed by atoms with Crippen molar-refractivity contribution in [3.05, 3.63) is 95.6 Å². The fourth-order valence-corrected chi connectivity index (χ4v) is 4.73. The van der Waals surface area contributed by atoms with Crippen LogP contribution in [-0.2, 0) is 11.3 Å². The normalized spacial score (nSPS) is 18.8. The van der Waals surface area contributed by atoms with Crippen LogP contribution in [0.3, 0.4) is 0 Å². The van der Waals surface area contributed by atoms with Gasteiger partial charge in [0, 0.05) is 36.7 Å². The number of hydrogen-bond donors (Lipinski definition) is 2. The minimum Gasteiger partial charge on any atom is -0.508 e. The molecule has 190 valence electrons. The third-order valence-electron chi connectivity index (χ3n) is 6.64. The van der Waals surface area contributed by atoms with Crippen LogP contribution in [0, 0.1) is 5.92 Å². The Hall–Kier alpha value is -3.19. The SMILES string of the molecule is C=C/C=C(\C=C/COCCN1CC(CF)C1)C1Oc2ccc(O)cc2C(C)=C1c1cccc(CO)c1. The maximum absolute atomic E-state index is 12.6. The topological polar surface area (TPSA) is 62.2 Å². The Bertz CT molecular complexity index is 1160. The summed E-state index contributed by atoms with van der Waals surface area (Å²) in [5.41, 5.74) is 5.45. The summed E-state index contributed by atoms with van der Waals surface area (Å²) in [6.45, 7) is 9.09. The smallest absolute Gasteiger partial charge is 0.150 e. The van der Waals surface area contributed by atoms with Crippen LogP contribution in [0.5, 0.6) is 11.5 Å². The molecule has 0 amide bonds. The highest BCUT2D eigenvalue weighted by Crippen LogP contribution is 2.43. The average Bonchev–Trinajstić information content (AvgIpc) is 2.86. The molecule has 0 radical (unpaired) electrons. The number of benzene rings is 2. The van der Waals surface area contributed by atoms with Gasteiger partial charge in [0.05, 0.1) is 26.5 Å². The second kappa shape index (κ2) is 12.2. The monoisotopic (exact) mass is 491 g/mol. The van der Waals surface area contributed by atoms with Gasteiger partial charge in [0.15, 0.2) is 0 Å². The molecule has 2 aliphatic heterocycles. The van der Waals surface area contributed by atoms with Gasteiger partial charge >= 0.3 is 0 Å². The molecule has 1 atom stereocenters. The first-order valence-corrected chi connectivity index (χ1v) is 12.3. The van der Waals surface area contributed by atoms with Crippen LogP contribution in [0.2, 0.25) is 0 Å². The number of halogens is 1. The van der Waals surface area contributed by atoms with Gasteiger partial charge < -0.3 is 24.6 Å². The molecule has 1 unspecified atom stereocenters. The second-order valence-electron chi connectivity index (χ2n) is 9.24. The number of likely N-dealkylation sites (tertiary alicyclic amines) is 1. The van der Waals surface area contributed by atoms with E-state index in [9.17, 15) is 14.6 Å². The van der Waals surface area contributed by atoms with E-state index in [0.717, 1.165) is 53.0 Å². The molecule has 1 fully saturated rings. The van der Waals surface area contributed by atoms with E-state index in [4.69, 9.17) is 9.47 Å². The number of aliphatic hydroxyl groups is 1. The molecular formula is C30H34FNO4. The van der Waals surface area contributed by atoms with Crippen molar-refractivity contribution in [1.29, 1.82) is 0 Å². The van der Waals surface area contributed by atoms with Crippen molar-refractivity contribution in [3.8, 4) is 11.5 Å². The molecule has 2 aromatic carbocycles. The Kier molecular flexibility index (Phi) is 8.75. The minimum atomic E-state index is -0.413. The zero-order valence-electron chi connectivity index (χ0n) is 20.7. The van der Waals surface area contributed by atoms with E-state index in [-0.39, 0.29) is 24.9 Å². The van der Waals surface area contributed by atoms with Gasteiger partial charge in [-0.15, -0.1) is 0 Å². The van der Waals surface area contributed by atoms with E-state index >= 15 is 0 Å². The van der Waals surface area contributed by atoms with Crippen molar-refractivity contribution >= 4 is 11.1 Å². The van der Waals surface area contributed by atoms with Gasteiger partial charge in [-0.3, -0.25) is 4.39 Å². The van der Waals surface area contributed by atoms with E-state index in [1.807, 2.05) is 49.4 Å². The molecule has 36 heavy (non-hydrogen) atoms. The number of nitrogens with zero attached hydrogens (tertiary/aromatic N) is 1. The fraction of sp³-hybridized carbons (Fsp3) is 0.333. The predicted molar refractivity (Wildman–Crippen MR) is 142 cm³/mol. The number of phenols is 1. The van der Waals surface area contributed by atoms with E-state index < -0.39 is 6.10 Å². The summed E-state index contributed by atoms with van der Waals surface area (Å²) < 4.78 is 24.8. The summed E-state index contributed by atoms with van der Waals surface area (Å²) >= 11 is 0. The van der Waals surface area contributed by atoms with Crippen LogP contribution in [0.1, 0.15) is 23.6 Å². The molecule has 2 heterocycles. The first-order chi connectivity index (χ1) is 17.5. The van der Waals surface area contributed by atoms with Crippen LogP contribution in [0.15, 0.2) is 78.9 Å². The minimum absolute atomic E-state index is 0.0540. The third kappa shape index (κ3) is 5.95. The Morgan fingerprint density at radius 1 is 1.25 bits per heavy atom. The Morgan fingerprint density at radius 3 is 2.83 bits per heavy atom. The van der Waals surface area contributed by atoms with E-state index in [2.05, 4.69) is 11.5 Å². The van der Waals surface area contributed by atoms with Gasteiger partial charge in [-0.2, -0.15) is 0 Å². The van der Waals surface area contributed by atoms with Gasteiger partial charge in [-0.1, -0.05) is 49.1 Å². The van der Waals surface area contributed by atoms with Gasteiger partial charge in [0.25, 0.3) is 0 Å². The molecule has 0 bridgehead atoms. The van der Waals surface area contributed by atoms with Crippen LogP contribution in [0.25, 0.3) is 11.1 Å². The first kappa shape index (κ1) is 25.9. The molecule has 2 N–H and O–H groups in total. The lowest BCUT2D eigenvalue weighted by Crippen LogP contribution is -2.48. The number of phenolic OH excluding ortho intramolecular Hbond substituents is 1. The Balaban J connectivity index is 1.54. The molecule has 2 aromatic rings. The van der Waals surface area contributed by atoms with E-state index in [1.54, 1.807) is 24.3 Å². The van der Waals surface area contributed by atoms with Gasteiger partial charge in [0.1, 0.15) is 17.6 Å². The molecular weight excluding hydrogens is 457 g/mol. The molecule has 0 aliphatic carbocycles. The molecule has 0 aromatic heterocycles. The third-order valence-corrected chi connectivity index (χ3v) is 6.64. The average molecular weight is 492 g/mol. The summed E-state index contributed by atoms with van der Waals surface area (Å²) in [6.07, 6.45) is 7.20. The number of rotatable bonds is 11. The quantitative estimate of drug-likeness (QED) is 0.336. The van der Waals surface area contributed by atoms with Crippen molar-refractivity contribution in [2.24, 2.45) is 5.92 Å².